The lowest BCUT2D eigenvalue weighted by molar-refractivity contribution is 0.206. The summed E-state index contributed by atoms with van der Waals surface area (Å²) in [4.78, 5) is 4.52. The molecule has 0 bridgehead atoms. The van der Waals surface area contributed by atoms with Gasteiger partial charge in [0, 0.05) is 12.2 Å². The van der Waals surface area contributed by atoms with Crippen LogP contribution in [-0.2, 0) is 6.54 Å². The Morgan fingerprint density at radius 2 is 2.12 bits per heavy atom. The third kappa shape index (κ3) is 2.73. The molecule has 2 rings (SSSR count). The lowest BCUT2D eigenvalue weighted by Crippen LogP contribution is -2.15. The van der Waals surface area contributed by atoms with Gasteiger partial charge in [0.1, 0.15) is 5.75 Å². The number of aromatic nitrogens is 1. The molecule has 0 aromatic carbocycles. The number of pyridine rings is 1. The minimum absolute atomic E-state index is 0.403. The van der Waals surface area contributed by atoms with Crippen LogP contribution in [0.5, 0.6) is 5.75 Å². The molecule has 0 aliphatic heterocycles. The highest BCUT2D eigenvalue weighted by Gasteiger charge is 2.18. The van der Waals surface area contributed by atoms with Crippen molar-refractivity contribution in [3.63, 3.8) is 0 Å². The van der Waals surface area contributed by atoms with Gasteiger partial charge in [0.25, 0.3) is 0 Å². The maximum Gasteiger partial charge on any atom is 0.142 e. The maximum absolute atomic E-state index is 6.01. The van der Waals surface area contributed by atoms with Gasteiger partial charge in [0.2, 0.25) is 0 Å². The number of nitrogens with one attached hydrogen (secondary N) is 1. The van der Waals surface area contributed by atoms with E-state index in [4.69, 9.17) is 4.74 Å². The SMILES string of the molecule is CNCc1nc(C)ccc1OC1CCCC1. The molecule has 88 valence electrons. The molecule has 1 aromatic rings. The zero-order chi connectivity index (χ0) is 11.4. The lowest BCUT2D eigenvalue weighted by Gasteiger charge is -2.16. The largest absolute Gasteiger partial charge is 0.488 e. The van der Waals surface area contributed by atoms with Gasteiger partial charge in [-0.15, -0.1) is 0 Å². The Hall–Kier alpha value is -1.09. The molecule has 0 spiro atoms. The summed E-state index contributed by atoms with van der Waals surface area (Å²) in [5.41, 5.74) is 2.07. The molecule has 0 unspecified atom stereocenters. The van der Waals surface area contributed by atoms with Crippen molar-refractivity contribution in [2.24, 2.45) is 0 Å². The first kappa shape index (κ1) is 11.4. The zero-order valence-electron chi connectivity index (χ0n) is 10.1. The van der Waals surface area contributed by atoms with Crippen molar-refractivity contribution in [2.45, 2.75) is 45.3 Å². The molecule has 0 atom stereocenters. The Balaban J connectivity index is 2.11. The predicted octanol–water partition coefficient (Wildman–Crippen LogP) is 2.43. The first-order valence-corrected chi connectivity index (χ1v) is 6.07. The highest BCUT2D eigenvalue weighted by molar-refractivity contribution is 5.29. The van der Waals surface area contributed by atoms with Gasteiger partial charge in [-0.25, -0.2) is 0 Å². The third-order valence-electron chi connectivity index (χ3n) is 3.01. The Morgan fingerprint density at radius 1 is 1.38 bits per heavy atom. The summed E-state index contributed by atoms with van der Waals surface area (Å²) in [6.07, 6.45) is 5.37. The number of nitrogens with zero attached hydrogens (tertiary/aromatic N) is 1. The average Bonchev–Trinajstić information content (AvgIpc) is 2.75. The van der Waals surface area contributed by atoms with Gasteiger partial charge < -0.3 is 10.1 Å². The summed E-state index contributed by atoms with van der Waals surface area (Å²) in [6.45, 7) is 2.78. The minimum atomic E-state index is 0.403. The number of hydrogen-bond donors (Lipinski definition) is 1. The number of rotatable bonds is 4. The highest BCUT2D eigenvalue weighted by Crippen LogP contribution is 2.26. The first-order valence-electron chi connectivity index (χ1n) is 6.07. The Bertz CT molecular complexity index is 346. The zero-order valence-corrected chi connectivity index (χ0v) is 10.1. The maximum atomic E-state index is 6.01. The van der Waals surface area contributed by atoms with Crippen LogP contribution in [0.4, 0.5) is 0 Å². The number of hydrogen-bond acceptors (Lipinski definition) is 3. The van der Waals surface area contributed by atoms with Crippen LogP contribution in [-0.4, -0.2) is 18.1 Å². The molecule has 0 radical (unpaired) electrons. The summed E-state index contributed by atoms with van der Waals surface area (Å²) >= 11 is 0. The lowest BCUT2D eigenvalue weighted by atomic mass is 10.2. The van der Waals surface area contributed by atoms with E-state index in [9.17, 15) is 0 Å². The van der Waals surface area contributed by atoms with Gasteiger partial charge in [-0.2, -0.15) is 0 Å². The van der Waals surface area contributed by atoms with Crippen LogP contribution in [0.25, 0.3) is 0 Å². The molecule has 1 aromatic heterocycles. The topological polar surface area (TPSA) is 34.2 Å². The fourth-order valence-corrected chi connectivity index (χ4v) is 2.18. The Kier molecular flexibility index (Phi) is 3.78. The second-order valence-corrected chi connectivity index (χ2v) is 4.45. The quantitative estimate of drug-likeness (QED) is 0.846. The Morgan fingerprint density at radius 3 is 2.81 bits per heavy atom. The van der Waals surface area contributed by atoms with Crippen molar-refractivity contribution >= 4 is 0 Å². The van der Waals surface area contributed by atoms with Gasteiger partial charge in [-0.1, -0.05) is 0 Å². The van der Waals surface area contributed by atoms with E-state index in [-0.39, 0.29) is 0 Å². The molecule has 3 heteroatoms. The second-order valence-electron chi connectivity index (χ2n) is 4.45. The summed E-state index contributed by atoms with van der Waals surface area (Å²) in [5, 5.41) is 3.13. The van der Waals surface area contributed by atoms with Crippen molar-refractivity contribution in [1.29, 1.82) is 0 Å². The Labute approximate surface area is 97.2 Å². The fraction of sp³-hybridized carbons (Fsp3) is 0.615. The van der Waals surface area contributed by atoms with E-state index >= 15 is 0 Å². The van der Waals surface area contributed by atoms with E-state index in [0.29, 0.717) is 6.10 Å². The van der Waals surface area contributed by atoms with Crippen LogP contribution < -0.4 is 10.1 Å². The van der Waals surface area contributed by atoms with Gasteiger partial charge in [-0.05, 0) is 51.8 Å². The highest BCUT2D eigenvalue weighted by atomic mass is 16.5. The number of ether oxygens (including phenoxy) is 1. The van der Waals surface area contributed by atoms with Crippen LogP contribution in [0, 0.1) is 6.92 Å². The molecular weight excluding hydrogens is 200 g/mol. The van der Waals surface area contributed by atoms with Crippen molar-refractivity contribution in [3.8, 4) is 5.75 Å². The minimum Gasteiger partial charge on any atom is -0.488 e. The fourth-order valence-electron chi connectivity index (χ4n) is 2.18. The molecule has 1 fully saturated rings. The van der Waals surface area contributed by atoms with Gasteiger partial charge in [0.05, 0.1) is 11.8 Å². The van der Waals surface area contributed by atoms with E-state index in [1.807, 2.05) is 26.1 Å². The molecule has 16 heavy (non-hydrogen) atoms. The van der Waals surface area contributed by atoms with Crippen molar-refractivity contribution in [3.05, 3.63) is 23.5 Å². The van der Waals surface area contributed by atoms with E-state index in [1.165, 1.54) is 25.7 Å². The molecule has 1 heterocycles. The molecule has 1 saturated carbocycles. The van der Waals surface area contributed by atoms with Gasteiger partial charge in [-0.3, -0.25) is 4.98 Å². The molecular formula is C13H20N2O. The van der Waals surface area contributed by atoms with Crippen LogP contribution in [0.15, 0.2) is 12.1 Å². The summed E-state index contributed by atoms with van der Waals surface area (Å²) < 4.78 is 6.01. The molecule has 0 saturated heterocycles. The molecule has 1 N–H and O–H groups in total. The number of aryl methyl sites for hydroxylation is 1. The van der Waals surface area contributed by atoms with E-state index < -0.39 is 0 Å². The molecule has 3 nitrogen and oxygen atoms in total. The van der Waals surface area contributed by atoms with E-state index in [1.54, 1.807) is 0 Å². The molecule has 0 amide bonds. The molecule has 1 aliphatic rings. The van der Waals surface area contributed by atoms with Crippen molar-refractivity contribution in [1.82, 2.24) is 10.3 Å². The average molecular weight is 220 g/mol. The summed E-state index contributed by atoms with van der Waals surface area (Å²) in [6, 6.07) is 4.07. The van der Waals surface area contributed by atoms with Crippen LogP contribution in [0.2, 0.25) is 0 Å². The van der Waals surface area contributed by atoms with Crippen LogP contribution >= 0.6 is 0 Å². The smallest absolute Gasteiger partial charge is 0.142 e. The van der Waals surface area contributed by atoms with Gasteiger partial charge >= 0.3 is 0 Å². The second kappa shape index (κ2) is 5.30. The normalized spacial score (nSPS) is 16.6. The monoisotopic (exact) mass is 220 g/mol. The van der Waals surface area contributed by atoms with E-state index in [0.717, 1.165) is 23.7 Å². The third-order valence-corrected chi connectivity index (χ3v) is 3.01. The standard InChI is InChI=1S/C13H20N2O/c1-10-7-8-13(12(15-10)9-14-2)16-11-5-3-4-6-11/h7-8,11,14H,3-6,9H2,1-2H3. The van der Waals surface area contributed by atoms with Gasteiger partial charge in [0.15, 0.2) is 0 Å². The summed E-state index contributed by atoms with van der Waals surface area (Å²) in [5.74, 6) is 0.951. The summed E-state index contributed by atoms with van der Waals surface area (Å²) in [7, 11) is 1.93. The van der Waals surface area contributed by atoms with Crippen molar-refractivity contribution in [2.75, 3.05) is 7.05 Å². The van der Waals surface area contributed by atoms with Crippen LogP contribution in [0.1, 0.15) is 37.1 Å². The predicted molar refractivity (Wildman–Crippen MR) is 64.6 cm³/mol. The van der Waals surface area contributed by atoms with E-state index in [2.05, 4.69) is 10.3 Å². The van der Waals surface area contributed by atoms with Crippen LogP contribution in [0.3, 0.4) is 0 Å². The molecule has 1 aliphatic carbocycles. The van der Waals surface area contributed by atoms with Crippen molar-refractivity contribution < 1.29 is 4.74 Å². The first-order chi connectivity index (χ1) is 7.79.